The van der Waals surface area contributed by atoms with Gasteiger partial charge in [0.25, 0.3) is 0 Å². The van der Waals surface area contributed by atoms with Crippen molar-refractivity contribution >= 4 is 11.9 Å². The van der Waals surface area contributed by atoms with Crippen LogP contribution in [0.3, 0.4) is 0 Å². The third-order valence-electron chi connectivity index (χ3n) is 1.75. The Hall–Kier alpha value is -1.52. The Bertz CT molecular complexity index is 296. The number of nitrogens with one attached hydrogen (secondary N) is 1. The fourth-order valence-electron chi connectivity index (χ4n) is 0.996. The van der Waals surface area contributed by atoms with E-state index in [0.29, 0.717) is 5.82 Å². The molecular weight excluding hydrogens is 184 g/mol. The number of hydrogen-bond donors (Lipinski definition) is 1. The SMILES string of the molecule is CCCCc1cc(NC(=O)OC)no1. The maximum absolute atomic E-state index is 10.8. The van der Waals surface area contributed by atoms with Crippen LogP contribution in [-0.2, 0) is 11.2 Å². The quantitative estimate of drug-likeness (QED) is 0.805. The van der Waals surface area contributed by atoms with Crippen molar-refractivity contribution in [3.8, 4) is 0 Å². The number of hydrogen-bond acceptors (Lipinski definition) is 4. The topological polar surface area (TPSA) is 64.4 Å². The summed E-state index contributed by atoms with van der Waals surface area (Å²) in [6.07, 6.45) is 2.44. The van der Waals surface area contributed by atoms with Gasteiger partial charge >= 0.3 is 6.09 Å². The van der Waals surface area contributed by atoms with E-state index in [1.54, 1.807) is 6.07 Å². The Kier molecular flexibility index (Phi) is 3.97. The molecule has 1 aromatic rings. The molecule has 0 atom stereocenters. The maximum Gasteiger partial charge on any atom is 0.412 e. The highest BCUT2D eigenvalue weighted by Gasteiger charge is 2.06. The molecule has 0 unspecified atom stereocenters. The smallest absolute Gasteiger partial charge is 0.412 e. The van der Waals surface area contributed by atoms with Crippen LogP contribution in [0.4, 0.5) is 10.6 Å². The molecule has 0 radical (unpaired) electrons. The van der Waals surface area contributed by atoms with Gasteiger partial charge in [0.15, 0.2) is 5.82 Å². The highest BCUT2D eigenvalue weighted by molar-refractivity contribution is 5.82. The first-order chi connectivity index (χ1) is 6.76. The first kappa shape index (κ1) is 10.6. The van der Waals surface area contributed by atoms with Crippen LogP contribution in [0.1, 0.15) is 25.5 Å². The second-order valence-electron chi connectivity index (χ2n) is 2.90. The molecule has 0 saturated heterocycles. The molecule has 78 valence electrons. The predicted molar refractivity (Wildman–Crippen MR) is 51.1 cm³/mol. The number of rotatable bonds is 4. The average molecular weight is 198 g/mol. The van der Waals surface area contributed by atoms with Gasteiger partial charge in [-0.2, -0.15) is 0 Å². The van der Waals surface area contributed by atoms with Crippen LogP contribution >= 0.6 is 0 Å². The predicted octanol–water partition coefficient (Wildman–Crippen LogP) is 2.20. The van der Waals surface area contributed by atoms with Crippen molar-refractivity contribution in [3.05, 3.63) is 11.8 Å². The number of carbonyl (C=O) groups excluding carboxylic acids is 1. The van der Waals surface area contributed by atoms with Crippen molar-refractivity contribution in [2.24, 2.45) is 0 Å². The molecule has 1 rings (SSSR count). The van der Waals surface area contributed by atoms with Gasteiger partial charge in [0.05, 0.1) is 7.11 Å². The molecule has 0 fully saturated rings. The van der Waals surface area contributed by atoms with Crippen molar-refractivity contribution in [3.63, 3.8) is 0 Å². The number of methoxy groups -OCH3 is 1. The third kappa shape index (κ3) is 3.08. The van der Waals surface area contributed by atoms with Gasteiger partial charge in [-0.15, -0.1) is 0 Å². The molecule has 0 aliphatic heterocycles. The highest BCUT2D eigenvalue weighted by Crippen LogP contribution is 2.11. The monoisotopic (exact) mass is 198 g/mol. The number of ether oxygens (including phenoxy) is 1. The standard InChI is InChI=1S/C9H14N2O3/c1-3-4-5-7-6-8(11-14-7)10-9(12)13-2/h6H,3-5H2,1-2H3,(H,10,11,12). The summed E-state index contributed by atoms with van der Waals surface area (Å²) in [5, 5.41) is 6.09. The Morgan fingerprint density at radius 1 is 1.71 bits per heavy atom. The normalized spacial score (nSPS) is 9.86. The first-order valence-electron chi connectivity index (χ1n) is 4.56. The van der Waals surface area contributed by atoms with E-state index in [2.05, 4.69) is 22.1 Å². The molecule has 0 aromatic carbocycles. The summed E-state index contributed by atoms with van der Waals surface area (Å²) in [6, 6.07) is 1.70. The van der Waals surface area contributed by atoms with Crippen molar-refractivity contribution in [1.29, 1.82) is 0 Å². The second-order valence-corrected chi connectivity index (χ2v) is 2.90. The number of nitrogens with zero attached hydrogens (tertiary/aromatic N) is 1. The minimum absolute atomic E-state index is 0.392. The molecule has 1 heterocycles. The van der Waals surface area contributed by atoms with Crippen LogP contribution < -0.4 is 5.32 Å². The van der Waals surface area contributed by atoms with E-state index in [9.17, 15) is 4.79 Å². The molecule has 0 aliphatic carbocycles. The molecular formula is C9H14N2O3. The van der Waals surface area contributed by atoms with E-state index in [1.807, 2.05) is 0 Å². The zero-order valence-electron chi connectivity index (χ0n) is 8.37. The van der Waals surface area contributed by atoms with Crippen LogP contribution in [0, 0.1) is 0 Å². The Balaban J connectivity index is 2.46. The van der Waals surface area contributed by atoms with Gasteiger partial charge in [-0.25, -0.2) is 4.79 Å². The molecule has 0 aliphatic rings. The number of carbonyl (C=O) groups is 1. The number of aromatic nitrogens is 1. The van der Waals surface area contributed by atoms with Crippen molar-refractivity contribution in [2.75, 3.05) is 12.4 Å². The summed E-state index contributed by atoms with van der Waals surface area (Å²) >= 11 is 0. The first-order valence-corrected chi connectivity index (χ1v) is 4.56. The number of anilines is 1. The van der Waals surface area contributed by atoms with E-state index >= 15 is 0 Å². The summed E-state index contributed by atoms with van der Waals surface area (Å²) in [7, 11) is 1.30. The highest BCUT2D eigenvalue weighted by atomic mass is 16.5. The second kappa shape index (κ2) is 5.26. The van der Waals surface area contributed by atoms with Crippen LogP contribution in [0.5, 0.6) is 0 Å². The van der Waals surface area contributed by atoms with Crippen LogP contribution in [0.15, 0.2) is 10.6 Å². The molecule has 5 nitrogen and oxygen atoms in total. The fourth-order valence-corrected chi connectivity index (χ4v) is 0.996. The van der Waals surface area contributed by atoms with Crippen LogP contribution in [0.25, 0.3) is 0 Å². The van der Waals surface area contributed by atoms with E-state index < -0.39 is 6.09 Å². The van der Waals surface area contributed by atoms with Gasteiger partial charge in [0.1, 0.15) is 5.76 Å². The van der Waals surface area contributed by atoms with E-state index in [-0.39, 0.29) is 0 Å². The lowest BCUT2D eigenvalue weighted by Crippen LogP contribution is -2.10. The summed E-state index contributed by atoms with van der Waals surface area (Å²) in [5.74, 6) is 1.17. The van der Waals surface area contributed by atoms with E-state index in [4.69, 9.17) is 4.52 Å². The summed E-state index contributed by atoms with van der Waals surface area (Å²) in [5.41, 5.74) is 0. The molecule has 0 saturated carbocycles. The molecule has 0 spiro atoms. The molecule has 1 amide bonds. The largest absolute Gasteiger partial charge is 0.453 e. The molecule has 1 N–H and O–H groups in total. The number of unbranched alkanes of at least 4 members (excludes halogenated alkanes) is 1. The Morgan fingerprint density at radius 2 is 2.50 bits per heavy atom. The van der Waals surface area contributed by atoms with Gasteiger partial charge in [-0.3, -0.25) is 5.32 Å². The van der Waals surface area contributed by atoms with Crippen LogP contribution in [0.2, 0.25) is 0 Å². The minimum atomic E-state index is -0.541. The van der Waals surface area contributed by atoms with E-state index in [0.717, 1.165) is 25.0 Å². The summed E-state index contributed by atoms with van der Waals surface area (Å²) in [4.78, 5) is 10.8. The lowest BCUT2D eigenvalue weighted by atomic mass is 10.2. The van der Waals surface area contributed by atoms with Crippen LogP contribution in [-0.4, -0.2) is 18.4 Å². The third-order valence-corrected chi connectivity index (χ3v) is 1.75. The Labute approximate surface area is 82.4 Å². The minimum Gasteiger partial charge on any atom is -0.453 e. The van der Waals surface area contributed by atoms with Gasteiger partial charge in [-0.1, -0.05) is 18.5 Å². The lowest BCUT2D eigenvalue weighted by Gasteiger charge is -1.95. The molecule has 14 heavy (non-hydrogen) atoms. The zero-order valence-corrected chi connectivity index (χ0v) is 8.37. The zero-order chi connectivity index (χ0) is 10.4. The number of aryl methyl sites for hydroxylation is 1. The molecule has 1 aromatic heterocycles. The van der Waals surface area contributed by atoms with Crippen molar-refractivity contribution in [2.45, 2.75) is 26.2 Å². The summed E-state index contributed by atoms with van der Waals surface area (Å²) < 4.78 is 9.40. The van der Waals surface area contributed by atoms with Crippen molar-refractivity contribution in [1.82, 2.24) is 5.16 Å². The lowest BCUT2D eigenvalue weighted by molar-refractivity contribution is 0.186. The van der Waals surface area contributed by atoms with Gasteiger partial charge < -0.3 is 9.26 Å². The van der Waals surface area contributed by atoms with Crippen molar-refractivity contribution < 1.29 is 14.1 Å². The molecule has 0 bridgehead atoms. The van der Waals surface area contributed by atoms with Gasteiger partial charge in [0.2, 0.25) is 0 Å². The Morgan fingerprint density at radius 3 is 3.14 bits per heavy atom. The van der Waals surface area contributed by atoms with Gasteiger partial charge in [-0.05, 0) is 6.42 Å². The fraction of sp³-hybridized carbons (Fsp3) is 0.556. The summed E-state index contributed by atoms with van der Waals surface area (Å²) in [6.45, 7) is 2.10. The van der Waals surface area contributed by atoms with Gasteiger partial charge in [0, 0.05) is 12.5 Å². The van der Waals surface area contributed by atoms with E-state index in [1.165, 1.54) is 7.11 Å². The maximum atomic E-state index is 10.8. The number of amides is 1. The molecule has 5 heteroatoms. The average Bonchev–Trinajstić information content (AvgIpc) is 2.62.